The Bertz CT molecular complexity index is 672. The summed E-state index contributed by atoms with van der Waals surface area (Å²) in [4.78, 5) is 20.1. The average Bonchev–Trinajstić information content (AvgIpc) is 2.47. The number of aromatic nitrogens is 2. The number of carbonyl (C=O) groups excluding carboxylic acids is 1. The summed E-state index contributed by atoms with van der Waals surface area (Å²) in [5, 5.41) is 2.48. The fraction of sp³-hybridized carbons (Fsp3) is 0.267. The Morgan fingerprint density at radius 2 is 1.82 bits per heavy atom. The van der Waals surface area contributed by atoms with Crippen LogP contribution in [0.15, 0.2) is 30.6 Å². The van der Waals surface area contributed by atoms with Crippen LogP contribution in [0.3, 0.4) is 0 Å². The summed E-state index contributed by atoms with van der Waals surface area (Å²) >= 11 is 0. The first-order valence-corrected chi connectivity index (χ1v) is 6.59. The minimum Gasteiger partial charge on any atom is -0.319 e. The average molecular weight is 309 g/mol. The summed E-state index contributed by atoms with van der Waals surface area (Å²) in [6, 6.07) is 2.82. The quantitative estimate of drug-likeness (QED) is 0.931. The molecule has 22 heavy (non-hydrogen) atoms. The minimum atomic E-state index is -2.92. The van der Waals surface area contributed by atoms with E-state index in [9.17, 15) is 18.0 Å². The predicted octanol–water partition coefficient (Wildman–Crippen LogP) is 3.93. The number of nitrogens with zero attached hydrogens (tertiary/aromatic N) is 2. The van der Waals surface area contributed by atoms with E-state index in [1.54, 1.807) is 0 Å². The Morgan fingerprint density at radius 3 is 2.32 bits per heavy atom. The maximum Gasteiger partial charge on any atom is 0.266 e. The molecular formula is C15H14F3N3O. The number of carbonyl (C=O) groups is 1. The van der Waals surface area contributed by atoms with Gasteiger partial charge in [-0.05, 0) is 18.2 Å². The van der Waals surface area contributed by atoms with Gasteiger partial charge in [0, 0.05) is 11.5 Å². The van der Waals surface area contributed by atoms with E-state index in [2.05, 4.69) is 15.3 Å². The van der Waals surface area contributed by atoms with Gasteiger partial charge >= 0.3 is 0 Å². The zero-order valence-corrected chi connectivity index (χ0v) is 12.0. The largest absolute Gasteiger partial charge is 0.319 e. The molecule has 1 aromatic carbocycles. The third-order valence-electron chi connectivity index (χ3n) is 2.94. The summed E-state index contributed by atoms with van der Waals surface area (Å²) < 4.78 is 38.4. The third kappa shape index (κ3) is 3.60. The number of hydrogen-bond acceptors (Lipinski definition) is 3. The van der Waals surface area contributed by atoms with Crippen molar-refractivity contribution >= 4 is 11.6 Å². The van der Waals surface area contributed by atoms with Crippen molar-refractivity contribution in [1.82, 2.24) is 9.97 Å². The van der Waals surface area contributed by atoms with Crippen molar-refractivity contribution < 1.29 is 18.0 Å². The summed E-state index contributed by atoms with van der Waals surface area (Å²) in [5.74, 6) is -0.958. The molecule has 4 nitrogen and oxygen atoms in total. The molecule has 1 aromatic heterocycles. The van der Waals surface area contributed by atoms with Crippen molar-refractivity contribution in [3.8, 4) is 0 Å². The van der Waals surface area contributed by atoms with Crippen molar-refractivity contribution in [2.45, 2.75) is 26.2 Å². The highest BCUT2D eigenvalue weighted by atomic mass is 19.3. The number of halogens is 3. The van der Waals surface area contributed by atoms with Crippen LogP contribution in [-0.4, -0.2) is 15.9 Å². The Labute approximate surface area is 125 Å². The highest BCUT2D eigenvalue weighted by molar-refractivity contribution is 6.04. The van der Waals surface area contributed by atoms with Gasteiger partial charge in [0.05, 0.1) is 23.6 Å². The molecule has 0 unspecified atom stereocenters. The molecule has 2 aromatic rings. The summed E-state index contributed by atoms with van der Waals surface area (Å²) in [7, 11) is 0. The van der Waals surface area contributed by atoms with E-state index >= 15 is 0 Å². The fourth-order valence-corrected chi connectivity index (χ4v) is 1.75. The molecule has 0 aliphatic rings. The lowest BCUT2D eigenvalue weighted by atomic mass is 10.1. The van der Waals surface area contributed by atoms with Gasteiger partial charge in [-0.15, -0.1) is 0 Å². The van der Waals surface area contributed by atoms with Crippen LogP contribution in [0, 0.1) is 5.82 Å². The number of rotatable bonds is 4. The Kier molecular flexibility index (Phi) is 4.75. The first kappa shape index (κ1) is 15.9. The highest BCUT2D eigenvalue weighted by Crippen LogP contribution is 2.23. The van der Waals surface area contributed by atoms with Crippen LogP contribution in [0.4, 0.5) is 18.9 Å². The van der Waals surface area contributed by atoms with Crippen LogP contribution in [0.1, 0.15) is 47.9 Å². The third-order valence-corrected chi connectivity index (χ3v) is 2.94. The number of alkyl halides is 2. The molecule has 1 N–H and O–H groups in total. The molecule has 0 bridgehead atoms. The van der Waals surface area contributed by atoms with Gasteiger partial charge in [0.25, 0.3) is 12.3 Å². The van der Waals surface area contributed by atoms with Gasteiger partial charge in [0.15, 0.2) is 0 Å². The van der Waals surface area contributed by atoms with Gasteiger partial charge in [-0.3, -0.25) is 4.79 Å². The summed E-state index contributed by atoms with van der Waals surface area (Å²) in [5.41, 5.74) is -0.455. The van der Waals surface area contributed by atoms with Gasteiger partial charge in [-0.25, -0.2) is 23.1 Å². The van der Waals surface area contributed by atoms with Crippen LogP contribution in [-0.2, 0) is 0 Å². The molecular weight excluding hydrogens is 295 g/mol. The van der Waals surface area contributed by atoms with Gasteiger partial charge < -0.3 is 5.32 Å². The van der Waals surface area contributed by atoms with Crippen molar-refractivity contribution in [2.75, 3.05) is 5.32 Å². The SMILES string of the molecule is CC(C)c1ncc(NC(=O)c2ccc(C(F)F)c(F)c2)cn1. The molecule has 0 saturated heterocycles. The minimum absolute atomic E-state index is 0.0603. The van der Waals surface area contributed by atoms with E-state index in [4.69, 9.17) is 0 Å². The van der Waals surface area contributed by atoms with Crippen LogP contribution in [0.5, 0.6) is 0 Å². The number of hydrogen-bond donors (Lipinski definition) is 1. The van der Waals surface area contributed by atoms with E-state index in [1.807, 2.05) is 13.8 Å². The molecule has 0 aliphatic heterocycles. The lowest BCUT2D eigenvalue weighted by Crippen LogP contribution is -2.13. The molecule has 0 radical (unpaired) electrons. The van der Waals surface area contributed by atoms with E-state index in [1.165, 1.54) is 12.4 Å². The van der Waals surface area contributed by atoms with Gasteiger partial charge in [0.1, 0.15) is 11.6 Å². The van der Waals surface area contributed by atoms with Crippen LogP contribution >= 0.6 is 0 Å². The standard InChI is InChI=1S/C15H14F3N3O/c1-8(2)14-19-6-10(7-20-14)21-15(22)9-3-4-11(13(17)18)12(16)5-9/h3-8,13H,1-2H3,(H,21,22). The van der Waals surface area contributed by atoms with Crippen molar-refractivity contribution in [2.24, 2.45) is 0 Å². The number of benzene rings is 1. The maximum atomic E-state index is 13.5. The van der Waals surface area contributed by atoms with Gasteiger partial charge in [0.2, 0.25) is 0 Å². The molecule has 0 spiro atoms. The Hall–Kier alpha value is -2.44. The second-order valence-corrected chi connectivity index (χ2v) is 4.98. The highest BCUT2D eigenvalue weighted by Gasteiger charge is 2.16. The first-order chi connectivity index (χ1) is 10.4. The molecule has 0 fully saturated rings. The smallest absolute Gasteiger partial charge is 0.266 e. The predicted molar refractivity (Wildman–Crippen MR) is 75.4 cm³/mol. The number of anilines is 1. The topological polar surface area (TPSA) is 54.9 Å². The normalized spacial score (nSPS) is 11.0. The van der Waals surface area contributed by atoms with Crippen molar-refractivity contribution in [3.05, 3.63) is 53.4 Å². The van der Waals surface area contributed by atoms with E-state index in [-0.39, 0.29) is 11.5 Å². The van der Waals surface area contributed by atoms with E-state index in [0.717, 1.165) is 18.2 Å². The molecule has 1 heterocycles. The lowest BCUT2D eigenvalue weighted by Gasteiger charge is -2.08. The zero-order valence-electron chi connectivity index (χ0n) is 12.0. The second kappa shape index (κ2) is 6.55. The van der Waals surface area contributed by atoms with E-state index in [0.29, 0.717) is 11.5 Å². The monoisotopic (exact) mass is 309 g/mol. The number of amides is 1. The maximum absolute atomic E-state index is 13.5. The molecule has 2 rings (SSSR count). The molecule has 0 aliphatic carbocycles. The molecule has 0 saturated carbocycles. The molecule has 7 heteroatoms. The summed E-state index contributed by atoms with van der Waals surface area (Å²) in [6.45, 7) is 3.86. The first-order valence-electron chi connectivity index (χ1n) is 6.59. The zero-order chi connectivity index (χ0) is 16.3. The van der Waals surface area contributed by atoms with E-state index < -0.39 is 23.7 Å². The molecule has 1 amide bonds. The van der Waals surface area contributed by atoms with Gasteiger partial charge in [-0.2, -0.15) is 0 Å². The number of nitrogens with one attached hydrogen (secondary N) is 1. The second-order valence-electron chi connectivity index (χ2n) is 4.98. The van der Waals surface area contributed by atoms with Crippen molar-refractivity contribution in [1.29, 1.82) is 0 Å². The van der Waals surface area contributed by atoms with Crippen LogP contribution in [0.2, 0.25) is 0 Å². The molecule has 116 valence electrons. The van der Waals surface area contributed by atoms with Crippen LogP contribution in [0.25, 0.3) is 0 Å². The van der Waals surface area contributed by atoms with Crippen molar-refractivity contribution in [3.63, 3.8) is 0 Å². The molecule has 0 atom stereocenters. The summed E-state index contributed by atoms with van der Waals surface area (Å²) in [6.07, 6.45) is -0.0529. The Balaban J connectivity index is 2.13. The lowest BCUT2D eigenvalue weighted by molar-refractivity contribution is 0.102. The fourth-order valence-electron chi connectivity index (χ4n) is 1.75. The van der Waals surface area contributed by atoms with Gasteiger partial charge in [-0.1, -0.05) is 13.8 Å². The van der Waals surface area contributed by atoms with Crippen LogP contribution < -0.4 is 5.32 Å². The Morgan fingerprint density at radius 1 is 1.18 bits per heavy atom.